The monoisotopic (exact) mass is 582 g/mol. The fourth-order valence-corrected chi connectivity index (χ4v) is 4.65. The van der Waals surface area contributed by atoms with E-state index in [1.165, 1.54) is 12.1 Å². The van der Waals surface area contributed by atoms with Gasteiger partial charge >= 0.3 is 0 Å². The first-order valence-electron chi connectivity index (χ1n) is 14.1. The van der Waals surface area contributed by atoms with E-state index in [0.717, 1.165) is 55.0 Å². The van der Waals surface area contributed by atoms with E-state index >= 15 is 0 Å². The lowest BCUT2D eigenvalue weighted by Gasteiger charge is -2.20. The molecule has 3 rings (SSSR count). The summed E-state index contributed by atoms with van der Waals surface area (Å²) in [5.41, 5.74) is 3.14. The topological polar surface area (TPSA) is 41.6 Å². The number of amides is 1. The standard InChI is InChI=1S/C34H38F4N2O2/c1-5-40(6-2)15-16-42-29-11-9-27(10-12-29)34(41)39-28(19-23(3)17-25-7-13-30(35)32(37)21-25)20-24(4)18-26-8-14-31(36)33(38)22-26/h7-14,17-18,21-22,28H,5-6,15-16,19-20H2,1-4H3,(H,39,41)/b23-17-,24-18-. The molecule has 3 aromatic rings. The van der Waals surface area contributed by atoms with Crippen LogP contribution in [0.3, 0.4) is 0 Å². The molecule has 1 amide bonds. The summed E-state index contributed by atoms with van der Waals surface area (Å²) in [6, 6.07) is 13.9. The lowest BCUT2D eigenvalue weighted by atomic mass is 9.97. The number of nitrogens with one attached hydrogen (secondary N) is 1. The molecule has 3 aromatic carbocycles. The Morgan fingerprint density at radius 1 is 0.786 bits per heavy atom. The Morgan fingerprint density at radius 2 is 1.29 bits per heavy atom. The van der Waals surface area contributed by atoms with Gasteiger partial charge in [-0.2, -0.15) is 0 Å². The van der Waals surface area contributed by atoms with Crippen LogP contribution in [0, 0.1) is 23.3 Å². The molecule has 0 bridgehead atoms. The van der Waals surface area contributed by atoms with Crippen molar-refractivity contribution in [1.82, 2.24) is 10.2 Å². The maximum Gasteiger partial charge on any atom is 0.251 e. The number of hydrogen-bond donors (Lipinski definition) is 1. The summed E-state index contributed by atoms with van der Waals surface area (Å²) in [7, 11) is 0. The second-order valence-corrected chi connectivity index (χ2v) is 10.3. The minimum absolute atomic E-state index is 0.282. The van der Waals surface area contributed by atoms with Gasteiger partial charge in [0, 0.05) is 18.2 Å². The summed E-state index contributed by atoms with van der Waals surface area (Å²) >= 11 is 0. The highest BCUT2D eigenvalue weighted by molar-refractivity contribution is 5.94. The van der Waals surface area contributed by atoms with Crippen LogP contribution in [0.15, 0.2) is 71.8 Å². The predicted octanol–water partition coefficient (Wildman–Crippen LogP) is 8.05. The molecule has 0 spiro atoms. The molecule has 0 aliphatic carbocycles. The van der Waals surface area contributed by atoms with Gasteiger partial charge in [-0.1, -0.05) is 49.3 Å². The number of benzene rings is 3. The fraction of sp³-hybridized carbons (Fsp3) is 0.324. The molecule has 0 aliphatic heterocycles. The van der Waals surface area contributed by atoms with Gasteiger partial charge < -0.3 is 15.0 Å². The normalized spacial score (nSPS) is 12.2. The Bertz CT molecular complexity index is 1330. The molecule has 0 unspecified atom stereocenters. The van der Waals surface area contributed by atoms with Crippen molar-refractivity contribution >= 4 is 18.1 Å². The summed E-state index contributed by atoms with van der Waals surface area (Å²) in [4.78, 5) is 15.5. The van der Waals surface area contributed by atoms with Crippen molar-refractivity contribution in [3.05, 3.63) is 112 Å². The first-order valence-corrected chi connectivity index (χ1v) is 14.1. The van der Waals surface area contributed by atoms with Crippen molar-refractivity contribution in [2.24, 2.45) is 0 Å². The van der Waals surface area contributed by atoms with E-state index in [4.69, 9.17) is 4.74 Å². The number of carbonyl (C=O) groups is 1. The third-order valence-electron chi connectivity index (χ3n) is 6.87. The maximum atomic E-state index is 13.7. The summed E-state index contributed by atoms with van der Waals surface area (Å²) in [6.45, 7) is 11.1. The minimum atomic E-state index is -0.938. The van der Waals surface area contributed by atoms with Gasteiger partial charge in [-0.15, -0.1) is 0 Å². The number of rotatable bonds is 14. The minimum Gasteiger partial charge on any atom is -0.492 e. The third kappa shape index (κ3) is 10.2. The fourth-order valence-electron chi connectivity index (χ4n) is 4.65. The Balaban J connectivity index is 1.74. The average Bonchev–Trinajstić information content (AvgIpc) is 2.95. The van der Waals surface area contributed by atoms with Crippen LogP contribution in [0.5, 0.6) is 5.75 Å². The van der Waals surface area contributed by atoms with Crippen molar-refractivity contribution in [2.45, 2.75) is 46.6 Å². The molecule has 0 saturated heterocycles. The molecular formula is C34H38F4N2O2. The first kappa shape index (κ1) is 32.6. The molecule has 0 atom stereocenters. The molecule has 0 heterocycles. The molecule has 1 N–H and O–H groups in total. The van der Waals surface area contributed by atoms with E-state index in [2.05, 4.69) is 24.1 Å². The highest BCUT2D eigenvalue weighted by atomic mass is 19.2. The Kier molecular flexibility index (Phi) is 12.4. The number of ether oxygens (including phenoxy) is 1. The lowest BCUT2D eigenvalue weighted by Crippen LogP contribution is -2.35. The molecule has 224 valence electrons. The number of halogens is 4. The highest BCUT2D eigenvalue weighted by Gasteiger charge is 2.16. The lowest BCUT2D eigenvalue weighted by molar-refractivity contribution is 0.0937. The van der Waals surface area contributed by atoms with E-state index < -0.39 is 23.3 Å². The summed E-state index contributed by atoms with van der Waals surface area (Å²) < 4.78 is 60.0. The van der Waals surface area contributed by atoms with Gasteiger partial charge in [-0.3, -0.25) is 4.79 Å². The van der Waals surface area contributed by atoms with Crippen LogP contribution < -0.4 is 10.1 Å². The molecule has 8 heteroatoms. The van der Waals surface area contributed by atoms with Crippen LogP contribution in [-0.2, 0) is 0 Å². The summed E-state index contributed by atoms with van der Waals surface area (Å²) in [5, 5.41) is 3.06. The number of likely N-dealkylation sites (N-methyl/N-ethyl adjacent to an activating group) is 1. The number of nitrogens with zero attached hydrogens (tertiary/aromatic N) is 1. The van der Waals surface area contributed by atoms with Crippen LogP contribution in [-0.4, -0.2) is 43.1 Å². The van der Waals surface area contributed by atoms with Crippen molar-refractivity contribution in [3.8, 4) is 5.75 Å². The van der Waals surface area contributed by atoms with Gasteiger partial charge in [0.05, 0.1) is 0 Å². The zero-order valence-corrected chi connectivity index (χ0v) is 24.5. The Labute approximate surface area is 245 Å². The second-order valence-electron chi connectivity index (χ2n) is 10.3. The molecule has 0 aromatic heterocycles. The van der Waals surface area contributed by atoms with Gasteiger partial charge in [0.15, 0.2) is 23.3 Å². The van der Waals surface area contributed by atoms with E-state index in [1.54, 1.807) is 36.4 Å². The number of carbonyl (C=O) groups excluding carboxylic acids is 1. The largest absolute Gasteiger partial charge is 0.492 e. The van der Waals surface area contributed by atoms with Crippen molar-refractivity contribution in [2.75, 3.05) is 26.2 Å². The SMILES string of the molecule is CCN(CC)CCOc1ccc(C(=O)NC(C/C(C)=C\c2ccc(F)c(F)c2)C/C(C)=C\c2ccc(F)c(F)c2)cc1. The zero-order chi connectivity index (χ0) is 30.6. The van der Waals surface area contributed by atoms with Crippen LogP contribution in [0.25, 0.3) is 12.2 Å². The van der Waals surface area contributed by atoms with Gasteiger partial charge in [0.25, 0.3) is 5.91 Å². The van der Waals surface area contributed by atoms with E-state index in [1.807, 2.05) is 13.8 Å². The molecule has 0 aliphatic rings. The Morgan fingerprint density at radius 3 is 1.74 bits per heavy atom. The van der Waals surface area contributed by atoms with Crippen LogP contribution in [0.2, 0.25) is 0 Å². The zero-order valence-electron chi connectivity index (χ0n) is 24.5. The maximum absolute atomic E-state index is 13.7. The third-order valence-corrected chi connectivity index (χ3v) is 6.87. The van der Waals surface area contributed by atoms with Crippen molar-refractivity contribution in [1.29, 1.82) is 0 Å². The summed E-state index contributed by atoms with van der Waals surface area (Å²) in [5.74, 6) is -3.33. The first-order chi connectivity index (χ1) is 20.1. The summed E-state index contributed by atoms with van der Waals surface area (Å²) in [6.07, 6.45) is 4.31. The molecular weight excluding hydrogens is 544 g/mol. The quantitative estimate of drug-likeness (QED) is 0.196. The van der Waals surface area contributed by atoms with E-state index in [-0.39, 0.29) is 11.9 Å². The smallest absolute Gasteiger partial charge is 0.251 e. The highest BCUT2D eigenvalue weighted by Crippen LogP contribution is 2.21. The van der Waals surface area contributed by atoms with Crippen molar-refractivity contribution < 1.29 is 27.1 Å². The predicted molar refractivity (Wildman–Crippen MR) is 160 cm³/mol. The second kappa shape index (κ2) is 15.9. The molecule has 0 saturated carbocycles. The van der Waals surface area contributed by atoms with E-state index in [9.17, 15) is 22.4 Å². The van der Waals surface area contributed by atoms with E-state index in [0.29, 0.717) is 41.9 Å². The van der Waals surface area contributed by atoms with Crippen LogP contribution >= 0.6 is 0 Å². The molecule has 4 nitrogen and oxygen atoms in total. The average molecular weight is 583 g/mol. The van der Waals surface area contributed by atoms with Crippen LogP contribution in [0.1, 0.15) is 62.0 Å². The van der Waals surface area contributed by atoms with Gasteiger partial charge in [-0.05, 0) is 99.4 Å². The van der Waals surface area contributed by atoms with Gasteiger partial charge in [0.1, 0.15) is 12.4 Å². The molecule has 0 fully saturated rings. The Hall–Kier alpha value is -3.91. The molecule has 42 heavy (non-hydrogen) atoms. The van der Waals surface area contributed by atoms with Gasteiger partial charge in [-0.25, -0.2) is 17.6 Å². The van der Waals surface area contributed by atoms with Gasteiger partial charge in [0.2, 0.25) is 0 Å². The molecule has 0 radical (unpaired) electrons. The van der Waals surface area contributed by atoms with Crippen molar-refractivity contribution in [3.63, 3.8) is 0 Å². The van der Waals surface area contributed by atoms with Crippen LogP contribution in [0.4, 0.5) is 17.6 Å². The number of hydrogen-bond acceptors (Lipinski definition) is 3.